The molecule has 3 aromatic rings. The summed E-state index contributed by atoms with van der Waals surface area (Å²) in [6.45, 7) is 3.90. The number of ether oxygens (including phenoxy) is 2. The minimum absolute atomic E-state index is 0.170. The third kappa shape index (κ3) is 5.54. The SMILES string of the molecule is CCOC(=O)C1C(C)C(C(=O)NCc2ccc(OC)cc2)N(C(=O)c2ccc(F)cc2)C1c1ccccc1. The van der Waals surface area contributed by atoms with E-state index in [1.165, 1.54) is 29.2 Å². The molecule has 1 aliphatic heterocycles. The van der Waals surface area contributed by atoms with Crippen molar-refractivity contribution in [3.63, 3.8) is 0 Å². The number of rotatable bonds is 8. The van der Waals surface area contributed by atoms with Gasteiger partial charge in [0.25, 0.3) is 5.91 Å². The molecule has 198 valence electrons. The fourth-order valence-electron chi connectivity index (χ4n) is 5.08. The summed E-state index contributed by atoms with van der Waals surface area (Å²) in [5, 5.41) is 2.93. The molecule has 4 rings (SSSR count). The van der Waals surface area contributed by atoms with Crippen molar-refractivity contribution in [2.45, 2.75) is 32.5 Å². The molecular formula is C30H31FN2O5. The van der Waals surface area contributed by atoms with Gasteiger partial charge in [0.05, 0.1) is 25.7 Å². The van der Waals surface area contributed by atoms with E-state index in [1.54, 1.807) is 33.1 Å². The number of esters is 1. The van der Waals surface area contributed by atoms with Crippen molar-refractivity contribution in [3.8, 4) is 5.75 Å². The molecule has 8 heteroatoms. The third-order valence-corrected chi connectivity index (χ3v) is 6.92. The fraction of sp³-hybridized carbons (Fsp3) is 0.300. The summed E-state index contributed by atoms with van der Waals surface area (Å²) in [6.07, 6.45) is 0. The van der Waals surface area contributed by atoms with E-state index < -0.39 is 47.5 Å². The van der Waals surface area contributed by atoms with E-state index in [2.05, 4.69) is 5.32 Å². The number of halogens is 1. The number of amides is 2. The molecule has 1 fully saturated rings. The number of hydrogen-bond donors (Lipinski definition) is 1. The van der Waals surface area contributed by atoms with Crippen LogP contribution in [-0.2, 0) is 20.9 Å². The molecule has 0 bridgehead atoms. The quantitative estimate of drug-likeness (QED) is 0.443. The van der Waals surface area contributed by atoms with Crippen LogP contribution in [0.2, 0.25) is 0 Å². The lowest BCUT2D eigenvalue weighted by molar-refractivity contribution is -0.150. The van der Waals surface area contributed by atoms with E-state index in [0.717, 1.165) is 5.56 Å². The second-order valence-corrected chi connectivity index (χ2v) is 9.22. The average Bonchev–Trinajstić information content (AvgIpc) is 3.25. The van der Waals surface area contributed by atoms with Gasteiger partial charge in [-0.1, -0.05) is 49.4 Å². The number of carbonyl (C=O) groups excluding carboxylic acids is 3. The van der Waals surface area contributed by atoms with Crippen LogP contribution in [0.4, 0.5) is 4.39 Å². The molecule has 0 aliphatic carbocycles. The molecular weight excluding hydrogens is 487 g/mol. The standard InChI is InChI=1S/C30H31FN2O5/c1-4-38-30(36)25-19(2)26(28(34)32-18-20-10-16-24(37-3)17-11-20)33(27(25)21-8-6-5-7-9-21)29(35)22-12-14-23(31)15-13-22/h5-17,19,25-27H,4,18H2,1-3H3,(H,32,34). The summed E-state index contributed by atoms with van der Waals surface area (Å²) in [7, 11) is 1.58. The van der Waals surface area contributed by atoms with Crippen LogP contribution in [-0.4, -0.2) is 42.4 Å². The van der Waals surface area contributed by atoms with Crippen molar-refractivity contribution in [1.29, 1.82) is 0 Å². The highest BCUT2D eigenvalue weighted by Crippen LogP contribution is 2.46. The normalized spacial score (nSPS) is 20.6. The van der Waals surface area contributed by atoms with Crippen molar-refractivity contribution in [2.24, 2.45) is 11.8 Å². The van der Waals surface area contributed by atoms with Gasteiger partial charge in [-0.15, -0.1) is 0 Å². The van der Waals surface area contributed by atoms with Gasteiger partial charge in [-0.3, -0.25) is 14.4 Å². The van der Waals surface area contributed by atoms with Gasteiger partial charge in [0.2, 0.25) is 5.91 Å². The van der Waals surface area contributed by atoms with Gasteiger partial charge in [-0.05, 0) is 54.4 Å². The topological polar surface area (TPSA) is 84.9 Å². The van der Waals surface area contributed by atoms with Gasteiger partial charge in [0.15, 0.2) is 0 Å². The predicted molar refractivity (Wildman–Crippen MR) is 140 cm³/mol. The molecule has 0 spiro atoms. The van der Waals surface area contributed by atoms with E-state index in [0.29, 0.717) is 11.3 Å². The van der Waals surface area contributed by atoms with Crippen LogP contribution in [0, 0.1) is 17.7 Å². The lowest BCUT2D eigenvalue weighted by Gasteiger charge is -2.31. The van der Waals surface area contributed by atoms with Gasteiger partial charge in [-0.2, -0.15) is 0 Å². The van der Waals surface area contributed by atoms with Crippen LogP contribution in [0.25, 0.3) is 0 Å². The van der Waals surface area contributed by atoms with Crippen molar-refractivity contribution in [1.82, 2.24) is 10.2 Å². The van der Waals surface area contributed by atoms with Gasteiger partial charge in [0, 0.05) is 18.0 Å². The molecule has 38 heavy (non-hydrogen) atoms. The zero-order chi connectivity index (χ0) is 27.2. The molecule has 3 aromatic carbocycles. The highest BCUT2D eigenvalue weighted by Gasteiger charge is 2.55. The summed E-state index contributed by atoms with van der Waals surface area (Å²) >= 11 is 0. The Bertz CT molecular complexity index is 1260. The molecule has 1 N–H and O–H groups in total. The summed E-state index contributed by atoms with van der Waals surface area (Å²) < 4.78 is 24.2. The van der Waals surface area contributed by atoms with Crippen LogP contribution in [0.3, 0.4) is 0 Å². The third-order valence-electron chi connectivity index (χ3n) is 6.92. The maximum atomic E-state index is 13.9. The van der Waals surface area contributed by atoms with E-state index in [-0.39, 0.29) is 18.7 Å². The predicted octanol–water partition coefficient (Wildman–Crippen LogP) is 4.53. The zero-order valence-electron chi connectivity index (χ0n) is 21.6. The first-order valence-electron chi connectivity index (χ1n) is 12.6. The maximum Gasteiger partial charge on any atom is 0.311 e. The number of likely N-dealkylation sites (tertiary alicyclic amines) is 1. The number of carbonyl (C=O) groups is 3. The van der Waals surface area contributed by atoms with Gasteiger partial charge in [-0.25, -0.2) is 4.39 Å². The van der Waals surface area contributed by atoms with Crippen LogP contribution < -0.4 is 10.1 Å². The minimum Gasteiger partial charge on any atom is -0.497 e. The summed E-state index contributed by atoms with van der Waals surface area (Å²) in [5.74, 6) is -2.45. The molecule has 0 aromatic heterocycles. The molecule has 4 atom stereocenters. The second kappa shape index (κ2) is 11.9. The first-order valence-corrected chi connectivity index (χ1v) is 12.6. The Morgan fingerprint density at radius 3 is 2.21 bits per heavy atom. The monoisotopic (exact) mass is 518 g/mol. The Kier molecular flexibility index (Phi) is 8.41. The maximum absolute atomic E-state index is 13.9. The highest BCUT2D eigenvalue weighted by molar-refractivity contribution is 5.99. The van der Waals surface area contributed by atoms with Crippen molar-refractivity contribution in [3.05, 3.63) is 101 Å². The number of nitrogens with one attached hydrogen (secondary N) is 1. The first kappa shape index (κ1) is 26.9. The lowest BCUT2D eigenvalue weighted by atomic mass is 9.85. The van der Waals surface area contributed by atoms with Gasteiger partial charge >= 0.3 is 5.97 Å². The number of nitrogens with zero attached hydrogens (tertiary/aromatic N) is 1. The number of hydrogen-bond acceptors (Lipinski definition) is 5. The zero-order valence-corrected chi connectivity index (χ0v) is 21.6. The Hall–Kier alpha value is -4.20. The largest absolute Gasteiger partial charge is 0.497 e. The second-order valence-electron chi connectivity index (χ2n) is 9.22. The summed E-state index contributed by atoms with van der Waals surface area (Å²) in [4.78, 5) is 42.3. The first-order chi connectivity index (χ1) is 18.3. The number of benzene rings is 3. The molecule has 1 saturated heterocycles. The van der Waals surface area contributed by atoms with Gasteiger partial charge < -0.3 is 19.7 Å². The Morgan fingerprint density at radius 2 is 1.61 bits per heavy atom. The minimum atomic E-state index is -0.967. The molecule has 2 amide bonds. The molecule has 7 nitrogen and oxygen atoms in total. The molecule has 0 saturated carbocycles. The van der Waals surface area contributed by atoms with E-state index in [4.69, 9.17) is 9.47 Å². The molecule has 1 aliphatic rings. The Balaban J connectivity index is 1.73. The van der Waals surface area contributed by atoms with Crippen LogP contribution in [0.5, 0.6) is 5.75 Å². The fourth-order valence-corrected chi connectivity index (χ4v) is 5.08. The summed E-state index contributed by atoms with van der Waals surface area (Å²) in [5.41, 5.74) is 1.78. The van der Waals surface area contributed by atoms with E-state index in [1.807, 2.05) is 42.5 Å². The van der Waals surface area contributed by atoms with Crippen molar-refractivity contribution in [2.75, 3.05) is 13.7 Å². The molecule has 4 unspecified atom stereocenters. The van der Waals surface area contributed by atoms with Crippen LogP contribution in [0.1, 0.15) is 41.4 Å². The lowest BCUT2D eigenvalue weighted by Crippen LogP contribution is -2.48. The molecule has 1 heterocycles. The van der Waals surface area contributed by atoms with Gasteiger partial charge in [0.1, 0.15) is 17.6 Å². The average molecular weight is 519 g/mol. The van der Waals surface area contributed by atoms with E-state index >= 15 is 0 Å². The van der Waals surface area contributed by atoms with Crippen LogP contribution in [0.15, 0.2) is 78.9 Å². The Morgan fingerprint density at radius 1 is 0.947 bits per heavy atom. The summed E-state index contributed by atoms with van der Waals surface area (Å²) in [6, 6.07) is 19.9. The van der Waals surface area contributed by atoms with Crippen molar-refractivity contribution >= 4 is 17.8 Å². The number of methoxy groups -OCH3 is 1. The van der Waals surface area contributed by atoms with Crippen LogP contribution >= 0.6 is 0 Å². The highest BCUT2D eigenvalue weighted by atomic mass is 19.1. The smallest absolute Gasteiger partial charge is 0.311 e. The molecule has 0 radical (unpaired) electrons. The van der Waals surface area contributed by atoms with E-state index in [9.17, 15) is 18.8 Å². The Labute approximate surface area is 221 Å². The van der Waals surface area contributed by atoms with Crippen molar-refractivity contribution < 1.29 is 28.2 Å².